The Morgan fingerprint density at radius 2 is 1.88 bits per heavy atom. The van der Waals surface area contributed by atoms with E-state index in [1.807, 2.05) is 11.0 Å². The zero-order valence-electron chi connectivity index (χ0n) is 14.9. The number of hydrogen-bond acceptors (Lipinski definition) is 4. The molecule has 2 saturated heterocycles. The van der Waals surface area contributed by atoms with Crippen molar-refractivity contribution in [1.29, 1.82) is 5.26 Å². The fraction of sp³-hybridized carbons (Fsp3) is 0.556. The highest BCUT2D eigenvalue weighted by Crippen LogP contribution is 2.34. The van der Waals surface area contributed by atoms with Crippen LogP contribution in [0.25, 0.3) is 0 Å². The third-order valence-electron chi connectivity index (χ3n) is 5.50. The molecule has 2 heterocycles. The van der Waals surface area contributed by atoms with Crippen molar-refractivity contribution in [2.24, 2.45) is 11.8 Å². The van der Waals surface area contributed by atoms with E-state index in [9.17, 15) is 13.2 Å². The maximum atomic E-state index is 12.9. The molecule has 0 bridgehead atoms. The number of likely N-dealkylation sites (tertiary alicyclic amines) is 1. The lowest BCUT2D eigenvalue weighted by atomic mass is 9.84. The van der Waals surface area contributed by atoms with Crippen LogP contribution in [0.2, 0.25) is 0 Å². The first-order chi connectivity index (χ1) is 12.5. The summed E-state index contributed by atoms with van der Waals surface area (Å²) in [5.41, 5.74) is 0.350. The number of urea groups is 1. The summed E-state index contributed by atoms with van der Waals surface area (Å²) in [5, 5.41) is 11.6. The van der Waals surface area contributed by atoms with Crippen molar-refractivity contribution in [2.75, 3.05) is 33.2 Å². The number of benzene rings is 1. The average molecular weight is 376 g/mol. The van der Waals surface area contributed by atoms with Crippen LogP contribution in [0.3, 0.4) is 0 Å². The molecule has 2 aliphatic rings. The molecule has 0 saturated carbocycles. The van der Waals surface area contributed by atoms with Gasteiger partial charge in [0, 0.05) is 33.2 Å². The minimum absolute atomic E-state index is 0.0450. The van der Waals surface area contributed by atoms with Crippen LogP contribution in [0.15, 0.2) is 29.2 Å². The Labute approximate surface area is 154 Å². The third kappa shape index (κ3) is 3.69. The Balaban J connectivity index is 1.63. The number of carbonyl (C=O) groups is 1. The van der Waals surface area contributed by atoms with Gasteiger partial charge in [0.05, 0.1) is 16.5 Å². The molecule has 1 aromatic carbocycles. The van der Waals surface area contributed by atoms with Crippen LogP contribution in [0.4, 0.5) is 4.79 Å². The van der Waals surface area contributed by atoms with Crippen molar-refractivity contribution in [3.63, 3.8) is 0 Å². The number of amides is 2. The largest absolute Gasteiger partial charge is 0.341 e. The Hall–Kier alpha value is -2.11. The smallest absolute Gasteiger partial charge is 0.317 e. The van der Waals surface area contributed by atoms with Crippen LogP contribution >= 0.6 is 0 Å². The predicted molar refractivity (Wildman–Crippen MR) is 96.8 cm³/mol. The van der Waals surface area contributed by atoms with Crippen molar-refractivity contribution in [3.8, 4) is 6.07 Å². The van der Waals surface area contributed by atoms with Crippen molar-refractivity contribution < 1.29 is 13.2 Å². The first kappa shape index (κ1) is 18.7. The average Bonchev–Trinajstić information content (AvgIpc) is 3.18. The summed E-state index contributed by atoms with van der Waals surface area (Å²) >= 11 is 0. The third-order valence-corrected chi connectivity index (χ3v) is 7.36. The van der Waals surface area contributed by atoms with Gasteiger partial charge in [-0.15, -0.1) is 0 Å². The summed E-state index contributed by atoms with van der Waals surface area (Å²) in [7, 11) is -1.93. The molecule has 2 aliphatic heterocycles. The number of hydrogen-bond donors (Lipinski definition) is 1. The fourth-order valence-corrected chi connectivity index (χ4v) is 5.52. The lowest BCUT2D eigenvalue weighted by Crippen LogP contribution is -2.44. The molecule has 8 heteroatoms. The number of sulfonamides is 1. The second-order valence-corrected chi connectivity index (χ2v) is 8.87. The Bertz CT molecular complexity index is 810. The van der Waals surface area contributed by atoms with Gasteiger partial charge in [-0.25, -0.2) is 13.2 Å². The summed E-state index contributed by atoms with van der Waals surface area (Å²) in [6.07, 6.45) is 2.67. The van der Waals surface area contributed by atoms with E-state index in [2.05, 4.69) is 5.32 Å². The van der Waals surface area contributed by atoms with Gasteiger partial charge < -0.3 is 10.2 Å². The van der Waals surface area contributed by atoms with Gasteiger partial charge >= 0.3 is 6.03 Å². The second-order valence-electron chi connectivity index (χ2n) is 6.93. The molecular weight excluding hydrogens is 352 g/mol. The van der Waals surface area contributed by atoms with Crippen LogP contribution in [0, 0.1) is 23.2 Å². The molecule has 1 atom stereocenters. The Morgan fingerprint density at radius 3 is 2.54 bits per heavy atom. The maximum absolute atomic E-state index is 12.9. The molecule has 26 heavy (non-hydrogen) atoms. The molecule has 0 aliphatic carbocycles. The number of nitriles is 1. The zero-order valence-corrected chi connectivity index (χ0v) is 15.7. The molecular formula is C18H24N4O3S. The van der Waals surface area contributed by atoms with Gasteiger partial charge in [-0.1, -0.05) is 6.07 Å². The molecule has 0 radical (unpaired) electrons. The molecule has 7 nitrogen and oxygen atoms in total. The van der Waals surface area contributed by atoms with E-state index < -0.39 is 10.0 Å². The summed E-state index contributed by atoms with van der Waals surface area (Å²) < 4.78 is 27.3. The minimum Gasteiger partial charge on any atom is -0.341 e. The first-order valence-corrected chi connectivity index (χ1v) is 10.4. The molecule has 1 N–H and O–H groups in total. The van der Waals surface area contributed by atoms with E-state index in [1.165, 1.54) is 6.07 Å². The SMILES string of the molecule is CNC(=O)N1CCC(C2CCN(S(=O)(=O)c3cccc(C#N)c3)C2)CC1. The van der Waals surface area contributed by atoms with Gasteiger partial charge in [0.1, 0.15) is 0 Å². The van der Waals surface area contributed by atoms with E-state index >= 15 is 0 Å². The monoisotopic (exact) mass is 376 g/mol. The summed E-state index contributed by atoms with van der Waals surface area (Å²) in [4.78, 5) is 13.7. The summed E-state index contributed by atoms with van der Waals surface area (Å²) in [5.74, 6) is 0.775. The predicted octanol–water partition coefficient (Wildman–Crippen LogP) is 1.62. The van der Waals surface area contributed by atoms with Gasteiger partial charge in [-0.05, 0) is 49.3 Å². The van der Waals surface area contributed by atoms with Crippen LogP contribution in [0.1, 0.15) is 24.8 Å². The molecule has 3 rings (SSSR count). The summed E-state index contributed by atoms with van der Waals surface area (Å²) in [6, 6.07) is 8.13. The molecule has 0 aromatic heterocycles. The summed E-state index contributed by atoms with van der Waals surface area (Å²) in [6.45, 7) is 2.47. The topological polar surface area (TPSA) is 93.5 Å². The van der Waals surface area contributed by atoms with Crippen LogP contribution < -0.4 is 5.32 Å². The van der Waals surface area contributed by atoms with E-state index in [4.69, 9.17) is 5.26 Å². The van der Waals surface area contributed by atoms with Crippen molar-refractivity contribution >= 4 is 16.1 Å². The number of piperidine rings is 1. The van der Waals surface area contributed by atoms with Gasteiger partial charge in [0.2, 0.25) is 10.0 Å². The van der Waals surface area contributed by atoms with Crippen molar-refractivity contribution in [3.05, 3.63) is 29.8 Å². The highest BCUT2D eigenvalue weighted by Gasteiger charge is 2.37. The van der Waals surface area contributed by atoms with Gasteiger partial charge in [-0.3, -0.25) is 0 Å². The molecule has 1 unspecified atom stereocenters. The lowest BCUT2D eigenvalue weighted by Gasteiger charge is -2.34. The number of nitrogens with one attached hydrogen (secondary N) is 1. The number of carbonyl (C=O) groups excluding carboxylic acids is 1. The second kappa shape index (κ2) is 7.64. The first-order valence-electron chi connectivity index (χ1n) is 8.92. The lowest BCUT2D eigenvalue weighted by molar-refractivity contribution is 0.153. The van der Waals surface area contributed by atoms with Gasteiger partial charge in [0.25, 0.3) is 0 Å². The van der Waals surface area contributed by atoms with E-state index in [0.29, 0.717) is 30.5 Å². The molecule has 2 amide bonds. The normalized spacial score (nSPS) is 22.2. The molecule has 1 aromatic rings. The Kier molecular flexibility index (Phi) is 5.49. The van der Waals surface area contributed by atoms with Crippen LogP contribution in [-0.4, -0.2) is 56.9 Å². The van der Waals surface area contributed by atoms with Gasteiger partial charge in [0.15, 0.2) is 0 Å². The zero-order chi connectivity index (χ0) is 18.7. The standard InChI is InChI=1S/C18H24N4O3S/c1-20-18(23)21-8-5-15(6-9-21)16-7-10-22(13-16)26(24,25)17-4-2-3-14(11-17)12-19/h2-4,11,15-16H,5-10,13H2,1H3,(H,20,23). The highest BCUT2D eigenvalue weighted by molar-refractivity contribution is 7.89. The molecule has 0 spiro atoms. The fourth-order valence-electron chi connectivity index (χ4n) is 3.96. The van der Waals surface area contributed by atoms with E-state index in [0.717, 1.165) is 32.4 Å². The van der Waals surface area contributed by atoms with Crippen LogP contribution in [0.5, 0.6) is 0 Å². The highest BCUT2D eigenvalue weighted by atomic mass is 32.2. The molecule has 140 valence electrons. The van der Waals surface area contributed by atoms with Gasteiger partial charge in [-0.2, -0.15) is 9.57 Å². The van der Waals surface area contributed by atoms with Crippen molar-refractivity contribution in [1.82, 2.24) is 14.5 Å². The quantitative estimate of drug-likeness (QED) is 0.867. The number of nitrogens with zero attached hydrogens (tertiary/aromatic N) is 3. The molecule has 2 fully saturated rings. The van der Waals surface area contributed by atoms with E-state index in [-0.39, 0.29) is 10.9 Å². The maximum Gasteiger partial charge on any atom is 0.317 e. The van der Waals surface area contributed by atoms with Crippen LogP contribution in [-0.2, 0) is 10.0 Å². The van der Waals surface area contributed by atoms with E-state index in [1.54, 1.807) is 29.6 Å². The van der Waals surface area contributed by atoms with Crippen molar-refractivity contribution in [2.45, 2.75) is 24.2 Å². The minimum atomic E-state index is -3.56. The number of rotatable bonds is 3. The Morgan fingerprint density at radius 1 is 1.19 bits per heavy atom.